The quantitative estimate of drug-likeness (QED) is 0.352. The number of benzene rings is 2. The third-order valence-electron chi connectivity index (χ3n) is 4.51. The Morgan fingerprint density at radius 3 is 2.55 bits per heavy atom. The number of nitrogens with one attached hydrogen (secondary N) is 1. The minimum absolute atomic E-state index is 0.00440. The summed E-state index contributed by atoms with van der Waals surface area (Å²) in [6.07, 6.45) is 1.74. The summed E-state index contributed by atoms with van der Waals surface area (Å²) < 4.78 is 16.3. The van der Waals surface area contributed by atoms with Crippen molar-refractivity contribution in [3.8, 4) is 23.0 Å². The van der Waals surface area contributed by atoms with Crippen LogP contribution >= 0.6 is 11.8 Å². The minimum Gasteiger partial charge on any atom is -0.497 e. The lowest BCUT2D eigenvalue weighted by Gasteiger charge is -2.07. The van der Waals surface area contributed by atoms with E-state index in [0.717, 1.165) is 10.9 Å². The number of methoxy groups -OCH3 is 2. The summed E-state index contributed by atoms with van der Waals surface area (Å²) in [5.41, 5.74) is 2.26. The number of para-hydroxylation sites is 1. The van der Waals surface area contributed by atoms with E-state index in [1.165, 1.54) is 11.8 Å². The fourth-order valence-electron chi connectivity index (χ4n) is 3.00. The normalized spacial score (nSPS) is 12.1. The lowest BCUT2D eigenvalue weighted by Crippen LogP contribution is -2.13. The molecule has 4 aromatic rings. The number of ketones is 1. The molecular formula is C21H19N3O4S. The van der Waals surface area contributed by atoms with Crippen LogP contribution in [-0.4, -0.2) is 40.4 Å². The highest BCUT2D eigenvalue weighted by Gasteiger charge is 2.22. The van der Waals surface area contributed by atoms with Gasteiger partial charge in [0.25, 0.3) is 5.22 Å². The van der Waals surface area contributed by atoms with E-state index in [0.29, 0.717) is 33.7 Å². The lowest BCUT2D eigenvalue weighted by atomic mass is 10.1. The Labute approximate surface area is 171 Å². The van der Waals surface area contributed by atoms with Gasteiger partial charge in [0, 0.05) is 34.3 Å². The van der Waals surface area contributed by atoms with Crippen molar-refractivity contribution >= 4 is 28.4 Å². The number of aromatic amines is 1. The summed E-state index contributed by atoms with van der Waals surface area (Å²) in [5.74, 6) is 1.57. The van der Waals surface area contributed by atoms with E-state index in [1.54, 1.807) is 38.6 Å². The Balaban J connectivity index is 1.54. The number of H-pyrrole nitrogens is 1. The van der Waals surface area contributed by atoms with E-state index < -0.39 is 0 Å². The van der Waals surface area contributed by atoms with E-state index in [2.05, 4.69) is 15.2 Å². The van der Waals surface area contributed by atoms with Gasteiger partial charge < -0.3 is 18.9 Å². The van der Waals surface area contributed by atoms with Crippen LogP contribution in [0.2, 0.25) is 0 Å². The maximum Gasteiger partial charge on any atom is 0.277 e. The molecule has 1 unspecified atom stereocenters. The summed E-state index contributed by atoms with van der Waals surface area (Å²) in [6, 6.07) is 13.0. The molecule has 0 aliphatic rings. The number of nitrogens with zero attached hydrogens (tertiary/aromatic N) is 2. The number of ether oxygens (including phenoxy) is 2. The first-order valence-corrected chi connectivity index (χ1v) is 9.81. The Morgan fingerprint density at radius 2 is 1.83 bits per heavy atom. The van der Waals surface area contributed by atoms with Crippen molar-refractivity contribution in [3.63, 3.8) is 0 Å². The molecule has 0 radical (unpaired) electrons. The highest BCUT2D eigenvalue weighted by molar-refractivity contribution is 8.00. The van der Waals surface area contributed by atoms with Crippen molar-refractivity contribution in [2.45, 2.75) is 17.4 Å². The highest BCUT2D eigenvalue weighted by Crippen LogP contribution is 2.32. The van der Waals surface area contributed by atoms with Crippen LogP contribution in [-0.2, 0) is 0 Å². The molecule has 0 aliphatic heterocycles. The summed E-state index contributed by atoms with van der Waals surface area (Å²) in [6.45, 7) is 1.83. The molecule has 0 amide bonds. The summed E-state index contributed by atoms with van der Waals surface area (Å²) in [4.78, 5) is 16.0. The van der Waals surface area contributed by atoms with Crippen LogP contribution in [0.15, 0.2) is 58.3 Å². The predicted octanol–water partition coefficient (Wildman–Crippen LogP) is 4.60. The van der Waals surface area contributed by atoms with E-state index in [4.69, 9.17) is 13.9 Å². The average molecular weight is 409 g/mol. The van der Waals surface area contributed by atoms with Crippen LogP contribution in [0.4, 0.5) is 0 Å². The Morgan fingerprint density at radius 1 is 1.10 bits per heavy atom. The standard InChI is InChI=1S/C21H19N3O4S/c1-12(19(25)17-11-22-18-7-5-4-6-16(17)18)29-21-24-23-20(28-21)13-8-14(26-2)10-15(9-13)27-3/h4-12,22H,1-3H3. The maximum absolute atomic E-state index is 12.9. The van der Waals surface area contributed by atoms with Crippen LogP contribution in [0, 0.1) is 0 Å². The van der Waals surface area contributed by atoms with Gasteiger partial charge in [-0.1, -0.05) is 30.0 Å². The number of aromatic nitrogens is 3. The molecule has 1 atom stereocenters. The van der Waals surface area contributed by atoms with Crippen molar-refractivity contribution in [3.05, 3.63) is 54.2 Å². The first-order chi connectivity index (χ1) is 14.1. The van der Waals surface area contributed by atoms with Crippen molar-refractivity contribution in [1.29, 1.82) is 0 Å². The number of carbonyl (C=O) groups is 1. The van der Waals surface area contributed by atoms with E-state index in [-0.39, 0.29) is 11.0 Å². The molecule has 0 spiro atoms. The van der Waals surface area contributed by atoms with Gasteiger partial charge in [0.1, 0.15) is 11.5 Å². The minimum atomic E-state index is -0.387. The fourth-order valence-corrected chi connectivity index (χ4v) is 3.76. The molecule has 0 bridgehead atoms. The molecule has 8 heteroatoms. The molecule has 148 valence electrons. The second-order valence-corrected chi connectivity index (χ2v) is 7.64. The molecule has 0 saturated heterocycles. The third kappa shape index (κ3) is 3.84. The first kappa shape index (κ1) is 19.1. The number of hydrogen-bond donors (Lipinski definition) is 1. The predicted molar refractivity (Wildman–Crippen MR) is 111 cm³/mol. The zero-order valence-corrected chi connectivity index (χ0v) is 16.9. The summed E-state index contributed by atoms with van der Waals surface area (Å²) >= 11 is 1.23. The van der Waals surface area contributed by atoms with Crippen molar-refractivity contribution in [2.75, 3.05) is 14.2 Å². The Bertz CT molecular complexity index is 1150. The SMILES string of the molecule is COc1cc(OC)cc(-c2nnc(SC(C)C(=O)c3c[nH]c4ccccc34)o2)c1. The molecule has 1 N–H and O–H groups in total. The van der Waals surface area contributed by atoms with E-state index >= 15 is 0 Å². The molecule has 0 saturated carbocycles. The third-order valence-corrected chi connectivity index (χ3v) is 5.44. The van der Waals surface area contributed by atoms with Gasteiger partial charge in [-0.15, -0.1) is 10.2 Å². The van der Waals surface area contributed by atoms with E-state index in [1.807, 2.05) is 31.2 Å². The van der Waals surface area contributed by atoms with Gasteiger partial charge >= 0.3 is 0 Å². The van der Waals surface area contributed by atoms with Gasteiger partial charge in [-0.25, -0.2) is 0 Å². The molecule has 0 aliphatic carbocycles. The number of hydrogen-bond acceptors (Lipinski definition) is 7. The largest absolute Gasteiger partial charge is 0.497 e. The zero-order chi connectivity index (χ0) is 20.4. The number of thioether (sulfide) groups is 1. The average Bonchev–Trinajstić information content (AvgIpc) is 3.40. The highest BCUT2D eigenvalue weighted by atomic mass is 32.2. The van der Waals surface area contributed by atoms with Crippen LogP contribution in [0.1, 0.15) is 17.3 Å². The fraction of sp³-hybridized carbons (Fsp3) is 0.190. The van der Waals surface area contributed by atoms with Crippen LogP contribution < -0.4 is 9.47 Å². The summed E-state index contributed by atoms with van der Waals surface area (Å²) in [5, 5.41) is 9.01. The van der Waals surface area contributed by atoms with Gasteiger partial charge in [0.15, 0.2) is 5.78 Å². The molecular weight excluding hydrogens is 390 g/mol. The maximum atomic E-state index is 12.9. The van der Waals surface area contributed by atoms with Crippen molar-refractivity contribution in [2.24, 2.45) is 0 Å². The number of carbonyl (C=O) groups excluding carboxylic acids is 1. The Kier molecular flexibility index (Phi) is 5.26. The monoisotopic (exact) mass is 409 g/mol. The molecule has 4 rings (SSSR count). The van der Waals surface area contributed by atoms with Crippen LogP contribution in [0.3, 0.4) is 0 Å². The lowest BCUT2D eigenvalue weighted by molar-refractivity contribution is 0.0995. The number of fused-ring (bicyclic) bond motifs is 1. The molecule has 2 aromatic heterocycles. The number of Topliss-reactive ketones (excluding diaryl/α,β-unsaturated/α-hetero) is 1. The molecule has 2 heterocycles. The second-order valence-electron chi connectivity index (χ2n) is 6.35. The van der Waals surface area contributed by atoms with Crippen LogP contribution in [0.5, 0.6) is 11.5 Å². The van der Waals surface area contributed by atoms with Crippen molar-refractivity contribution < 1.29 is 18.7 Å². The molecule has 29 heavy (non-hydrogen) atoms. The van der Waals surface area contributed by atoms with E-state index in [9.17, 15) is 4.79 Å². The van der Waals surface area contributed by atoms with Gasteiger partial charge in [0.05, 0.1) is 19.5 Å². The molecule has 2 aromatic carbocycles. The van der Waals surface area contributed by atoms with Gasteiger partial charge in [0.2, 0.25) is 5.89 Å². The van der Waals surface area contributed by atoms with Gasteiger partial charge in [-0.2, -0.15) is 0 Å². The second kappa shape index (κ2) is 8.00. The topological polar surface area (TPSA) is 90.2 Å². The summed E-state index contributed by atoms with van der Waals surface area (Å²) in [7, 11) is 3.15. The zero-order valence-electron chi connectivity index (χ0n) is 16.1. The smallest absolute Gasteiger partial charge is 0.277 e. The Hall–Kier alpha value is -3.26. The molecule has 7 nitrogen and oxygen atoms in total. The van der Waals surface area contributed by atoms with Crippen LogP contribution in [0.25, 0.3) is 22.4 Å². The van der Waals surface area contributed by atoms with Crippen molar-refractivity contribution in [1.82, 2.24) is 15.2 Å². The van der Waals surface area contributed by atoms with Gasteiger partial charge in [-0.3, -0.25) is 4.79 Å². The molecule has 0 fully saturated rings. The first-order valence-electron chi connectivity index (χ1n) is 8.93. The number of rotatable bonds is 7. The van der Waals surface area contributed by atoms with Gasteiger partial charge in [-0.05, 0) is 25.1 Å².